The van der Waals surface area contributed by atoms with Gasteiger partial charge in [0.2, 0.25) is 0 Å². The zero-order chi connectivity index (χ0) is 10.9. The lowest BCUT2D eigenvalue weighted by Crippen LogP contribution is -2.47. The number of aryl methyl sites for hydroxylation is 1. The van der Waals surface area contributed by atoms with Crippen molar-refractivity contribution in [2.45, 2.75) is 32.2 Å². The molecule has 5 heteroatoms. The predicted molar refractivity (Wildman–Crippen MR) is 52.0 cm³/mol. The summed E-state index contributed by atoms with van der Waals surface area (Å²) in [4.78, 5) is 10.8. The van der Waals surface area contributed by atoms with Gasteiger partial charge >= 0.3 is 5.97 Å². The zero-order valence-corrected chi connectivity index (χ0v) is 8.53. The van der Waals surface area contributed by atoms with E-state index in [0.29, 0.717) is 5.69 Å². The molecule has 0 spiro atoms. The Labute approximate surface area is 82.3 Å². The Balaban J connectivity index is 3.01. The van der Waals surface area contributed by atoms with Gasteiger partial charge in [-0.15, -0.1) is 0 Å². The monoisotopic (exact) mass is 197 g/mol. The van der Waals surface area contributed by atoms with Gasteiger partial charge in [-0.3, -0.25) is 9.89 Å². The normalized spacial score (nSPS) is 14.0. The van der Waals surface area contributed by atoms with Gasteiger partial charge < -0.3 is 10.8 Å². The highest BCUT2D eigenvalue weighted by molar-refractivity contribution is 5.75. The minimum absolute atomic E-state index is 0.670. The van der Waals surface area contributed by atoms with E-state index >= 15 is 0 Å². The number of carbonyl (C=O) groups is 1. The molecule has 0 aromatic carbocycles. The molecule has 0 amide bonds. The first-order valence-electron chi connectivity index (χ1n) is 4.36. The highest BCUT2D eigenvalue weighted by atomic mass is 16.4. The molecule has 0 aliphatic rings. The second-order valence-corrected chi connectivity index (χ2v) is 3.97. The fourth-order valence-corrected chi connectivity index (χ4v) is 1.22. The van der Waals surface area contributed by atoms with Crippen LogP contribution in [-0.4, -0.2) is 27.3 Å². The Morgan fingerprint density at radius 3 is 2.64 bits per heavy atom. The third-order valence-corrected chi connectivity index (χ3v) is 2.41. The minimum atomic E-state index is -1.02. The smallest absolute Gasteiger partial charge is 0.321 e. The lowest BCUT2D eigenvalue weighted by Gasteiger charge is -2.26. The second kappa shape index (κ2) is 3.42. The van der Waals surface area contributed by atoms with E-state index in [4.69, 9.17) is 10.8 Å². The molecule has 1 heterocycles. The summed E-state index contributed by atoms with van der Waals surface area (Å²) in [6.45, 7) is 5.39. The lowest BCUT2D eigenvalue weighted by atomic mass is 9.81. The summed E-state index contributed by atoms with van der Waals surface area (Å²) >= 11 is 0. The number of aliphatic carboxylic acids is 1. The van der Waals surface area contributed by atoms with E-state index in [0.717, 1.165) is 5.69 Å². The molecule has 5 nitrogen and oxygen atoms in total. The fourth-order valence-electron chi connectivity index (χ4n) is 1.22. The van der Waals surface area contributed by atoms with E-state index in [9.17, 15) is 4.79 Å². The molecule has 0 fully saturated rings. The highest BCUT2D eigenvalue weighted by Gasteiger charge is 2.35. The Bertz CT molecular complexity index is 344. The number of H-pyrrole nitrogens is 1. The number of rotatable bonds is 3. The van der Waals surface area contributed by atoms with Crippen molar-refractivity contribution in [2.24, 2.45) is 5.73 Å². The number of aromatic nitrogens is 2. The molecule has 0 bridgehead atoms. The number of carboxylic acids is 1. The van der Waals surface area contributed by atoms with Crippen molar-refractivity contribution >= 4 is 5.97 Å². The summed E-state index contributed by atoms with van der Waals surface area (Å²) in [6.07, 6.45) is 0. The SMILES string of the molecule is Cc1cc(C(C)(C)C(N)C(=O)O)n[nH]1. The van der Waals surface area contributed by atoms with Crippen LogP contribution in [0.5, 0.6) is 0 Å². The van der Waals surface area contributed by atoms with Gasteiger partial charge in [0.25, 0.3) is 0 Å². The maximum absolute atomic E-state index is 10.8. The largest absolute Gasteiger partial charge is 0.480 e. The average Bonchev–Trinajstić information content (AvgIpc) is 2.50. The third kappa shape index (κ3) is 1.77. The van der Waals surface area contributed by atoms with E-state index in [-0.39, 0.29) is 0 Å². The van der Waals surface area contributed by atoms with Crippen molar-refractivity contribution in [1.29, 1.82) is 0 Å². The quantitative estimate of drug-likeness (QED) is 0.654. The molecular weight excluding hydrogens is 182 g/mol. The van der Waals surface area contributed by atoms with E-state index in [1.807, 2.05) is 13.0 Å². The summed E-state index contributed by atoms with van der Waals surface area (Å²) in [5.41, 5.74) is 6.48. The molecular formula is C9H15N3O2. The molecule has 1 aromatic rings. The van der Waals surface area contributed by atoms with E-state index < -0.39 is 17.4 Å². The van der Waals surface area contributed by atoms with Gasteiger partial charge in [-0.05, 0) is 13.0 Å². The maximum Gasteiger partial charge on any atom is 0.321 e. The number of hydrogen-bond donors (Lipinski definition) is 3. The third-order valence-electron chi connectivity index (χ3n) is 2.41. The molecule has 1 aromatic heterocycles. The number of aromatic amines is 1. The Hall–Kier alpha value is -1.36. The molecule has 1 unspecified atom stereocenters. The van der Waals surface area contributed by atoms with Crippen LogP contribution < -0.4 is 5.73 Å². The average molecular weight is 197 g/mol. The molecule has 4 N–H and O–H groups in total. The van der Waals surface area contributed by atoms with Crippen LogP contribution in [0.2, 0.25) is 0 Å². The minimum Gasteiger partial charge on any atom is -0.480 e. The summed E-state index contributed by atoms with van der Waals surface area (Å²) in [5, 5.41) is 15.6. The van der Waals surface area contributed by atoms with Gasteiger partial charge in [0.05, 0.1) is 5.69 Å². The Kier molecular flexibility index (Phi) is 2.62. The van der Waals surface area contributed by atoms with E-state index in [2.05, 4.69) is 10.2 Å². The molecule has 0 radical (unpaired) electrons. The first kappa shape index (κ1) is 10.7. The van der Waals surface area contributed by atoms with Crippen molar-refractivity contribution in [3.05, 3.63) is 17.5 Å². The molecule has 0 aliphatic carbocycles. The first-order valence-corrected chi connectivity index (χ1v) is 4.36. The first-order chi connectivity index (χ1) is 6.35. The van der Waals surface area contributed by atoms with Crippen LogP contribution in [0.3, 0.4) is 0 Å². The number of carboxylic acid groups (broad SMARTS) is 1. The van der Waals surface area contributed by atoms with Crippen LogP contribution in [0.25, 0.3) is 0 Å². The van der Waals surface area contributed by atoms with Crippen molar-refractivity contribution in [2.75, 3.05) is 0 Å². The van der Waals surface area contributed by atoms with E-state index in [1.54, 1.807) is 13.8 Å². The summed E-state index contributed by atoms with van der Waals surface area (Å²) < 4.78 is 0. The van der Waals surface area contributed by atoms with Gasteiger partial charge in [-0.25, -0.2) is 0 Å². The van der Waals surface area contributed by atoms with Gasteiger partial charge in [-0.1, -0.05) is 13.8 Å². The molecule has 1 atom stereocenters. The van der Waals surface area contributed by atoms with Crippen LogP contribution in [0, 0.1) is 6.92 Å². The number of nitrogens with one attached hydrogen (secondary N) is 1. The molecule has 0 saturated heterocycles. The summed E-state index contributed by atoms with van der Waals surface area (Å²) in [6, 6.07) is 0.855. The van der Waals surface area contributed by atoms with Gasteiger partial charge in [0, 0.05) is 11.1 Å². The molecule has 0 saturated carbocycles. The standard InChI is InChI=1S/C9H15N3O2/c1-5-4-6(12-11-5)9(2,3)7(10)8(13)14/h4,7H,10H2,1-3H3,(H,11,12)(H,13,14). The zero-order valence-electron chi connectivity index (χ0n) is 8.53. The number of hydrogen-bond acceptors (Lipinski definition) is 3. The van der Waals surface area contributed by atoms with Crippen LogP contribution in [-0.2, 0) is 10.2 Å². The van der Waals surface area contributed by atoms with Gasteiger partial charge in [0.1, 0.15) is 6.04 Å². The Morgan fingerprint density at radius 1 is 1.71 bits per heavy atom. The van der Waals surface area contributed by atoms with Crippen molar-refractivity contribution in [3.63, 3.8) is 0 Å². The van der Waals surface area contributed by atoms with Crippen LogP contribution in [0.1, 0.15) is 25.2 Å². The number of nitrogens with zero attached hydrogens (tertiary/aromatic N) is 1. The molecule has 14 heavy (non-hydrogen) atoms. The summed E-state index contributed by atoms with van der Waals surface area (Å²) in [5.74, 6) is -1.02. The van der Waals surface area contributed by atoms with Gasteiger partial charge in [0.15, 0.2) is 0 Å². The maximum atomic E-state index is 10.8. The molecule has 0 aliphatic heterocycles. The van der Waals surface area contributed by atoms with Crippen molar-refractivity contribution < 1.29 is 9.90 Å². The van der Waals surface area contributed by atoms with E-state index in [1.165, 1.54) is 0 Å². The predicted octanol–water partition coefficient (Wildman–Crippen LogP) is 0.408. The van der Waals surface area contributed by atoms with Crippen LogP contribution >= 0.6 is 0 Å². The highest BCUT2D eigenvalue weighted by Crippen LogP contribution is 2.24. The molecule has 78 valence electrons. The van der Waals surface area contributed by atoms with Crippen LogP contribution in [0.15, 0.2) is 6.07 Å². The summed E-state index contributed by atoms with van der Waals surface area (Å²) in [7, 11) is 0. The van der Waals surface area contributed by atoms with Gasteiger partial charge in [-0.2, -0.15) is 5.10 Å². The molecule has 1 rings (SSSR count). The number of nitrogens with two attached hydrogens (primary N) is 1. The Morgan fingerprint density at radius 2 is 2.29 bits per heavy atom. The topological polar surface area (TPSA) is 92.0 Å². The van der Waals surface area contributed by atoms with Crippen molar-refractivity contribution in [3.8, 4) is 0 Å². The lowest BCUT2D eigenvalue weighted by molar-refractivity contribution is -0.140. The second-order valence-electron chi connectivity index (χ2n) is 3.97. The van der Waals surface area contributed by atoms with Crippen molar-refractivity contribution in [1.82, 2.24) is 10.2 Å². The van der Waals surface area contributed by atoms with Crippen LogP contribution in [0.4, 0.5) is 0 Å². The fraction of sp³-hybridized carbons (Fsp3) is 0.556.